The number of nitrogens with one attached hydrogen (secondary N) is 2. The second-order valence-corrected chi connectivity index (χ2v) is 9.30. The number of amides is 2. The smallest absolute Gasteiger partial charge is 0.321 e. The van der Waals surface area contributed by atoms with E-state index in [0.717, 1.165) is 12.8 Å². The molecule has 2 aliphatic rings. The highest BCUT2D eigenvalue weighted by molar-refractivity contribution is 7.89. The minimum absolute atomic E-state index is 0.00706. The van der Waals surface area contributed by atoms with E-state index in [0.29, 0.717) is 36.2 Å². The molecule has 1 aromatic carbocycles. The molecular formula is C18H26FN3O3S. The Hall–Kier alpha value is -1.67. The van der Waals surface area contributed by atoms with Crippen LogP contribution in [0.4, 0.5) is 14.9 Å². The Morgan fingerprint density at radius 3 is 2.62 bits per heavy atom. The monoisotopic (exact) mass is 383 g/mol. The van der Waals surface area contributed by atoms with E-state index in [-0.39, 0.29) is 17.5 Å². The number of anilines is 1. The number of carbonyl (C=O) groups excluding carboxylic acids is 1. The highest BCUT2D eigenvalue weighted by atomic mass is 32.2. The molecule has 0 bridgehead atoms. The number of piperidine rings is 1. The Kier molecular flexibility index (Phi) is 5.00. The fraction of sp³-hybridized carbons (Fsp3) is 0.611. The summed E-state index contributed by atoms with van der Waals surface area (Å²) in [5.41, 5.74) is 0.165. The summed E-state index contributed by atoms with van der Waals surface area (Å²) in [4.78, 5) is 14.2. The van der Waals surface area contributed by atoms with Crippen LogP contribution in [0, 0.1) is 13.8 Å². The molecule has 1 aliphatic carbocycles. The van der Waals surface area contributed by atoms with Gasteiger partial charge < -0.3 is 10.2 Å². The average Bonchev–Trinajstić information content (AvgIpc) is 3.32. The number of nitrogens with zero attached hydrogens (tertiary/aromatic N) is 1. The van der Waals surface area contributed by atoms with Crippen molar-refractivity contribution in [3.05, 3.63) is 23.3 Å². The fourth-order valence-corrected chi connectivity index (χ4v) is 5.22. The quantitative estimate of drug-likeness (QED) is 0.839. The maximum Gasteiger partial charge on any atom is 0.321 e. The molecule has 0 radical (unpaired) electrons. The molecule has 1 saturated carbocycles. The van der Waals surface area contributed by atoms with Crippen LogP contribution in [0.25, 0.3) is 0 Å². The van der Waals surface area contributed by atoms with Crippen LogP contribution < -0.4 is 10.0 Å². The summed E-state index contributed by atoms with van der Waals surface area (Å²) in [5.74, 6) is 0. The molecule has 26 heavy (non-hydrogen) atoms. The van der Waals surface area contributed by atoms with Gasteiger partial charge in [0.05, 0.1) is 11.4 Å². The van der Waals surface area contributed by atoms with Crippen molar-refractivity contribution in [2.45, 2.75) is 63.1 Å². The molecule has 1 atom stereocenters. The number of halogens is 1. The average molecular weight is 383 g/mol. The largest absolute Gasteiger partial charge is 0.321 e. The van der Waals surface area contributed by atoms with Crippen LogP contribution in [0.5, 0.6) is 0 Å². The molecule has 2 amide bonds. The van der Waals surface area contributed by atoms with Crippen LogP contribution in [-0.4, -0.2) is 44.1 Å². The summed E-state index contributed by atoms with van der Waals surface area (Å²) >= 11 is 0. The van der Waals surface area contributed by atoms with Crippen LogP contribution in [0.15, 0.2) is 17.0 Å². The second-order valence-electron chi connectivity index (χ2n) is 7.65. The zero-order chi connectivity index (χ0) is 19.1. The normalized spacial score (nSPS) is 23.8. The zero-order valence-electron chi connectivity index (χ0n) is 15.4. The Morgan fingerprint density at radius 2 is 2.00 bits per heavy atom. The first-order valence-corrected chi connectivity index (χ1v) is 10.4. The minimum atomic E-state index is -3.64. The number of carbonyl (C=O) groups is 1. The lowest BCUT2D eigenvalue weighted by Gasteiger charge is -2.35. The third-order valence-electron chi connectivity index (χ3n) is 4.95. The summed E-state index contributed by atoms with van der Waals surface area (Å²) in [6.45, 7) is 5.44. The summed E-state index contributed by atoms with van der Waals surface area (Å²) in [5, 5.41) is 2.75. The Balaban J connectivity index is 1.82. The molecule has 0 spiro atoms. The van der Waals surface area contributed by atoms with E-state index >= 15 is 0 Å². The zero-order valence-corrected chi connectivity index (χ0v) is 16.2. The van der Waals surface area contributed by atoms with Gasteiger partial charge in [-0.25, -0.2) is 22.3 Å². The molecule has 1 heterocycles. The molecule has 2 N–H and O–H groups in total. The Bertz CT molecular complexity index is 819. The summed E-state index contributed by atoms with van der Waals surface area (Å²) < 4.78 is 42.2. The summed E-state index contributed by atoms with van der Waals surface area (Å²) in [7, 11) is -3.64. The van der Waals surface area contributed by atoms with Gasteiger partial charge in [0.1, 0.15) is 5.67 Å². The van der Waals surface area contributed by atoms with Crippen molar-refractivity contribution in [2.24, 2.45) is 0 Å². The molecular weight excluding hydrogens is 357 g/mol. The third kappa shape index (κ3) is 4.17. The SMILES string of the molecule is Cc1ccc(NC(=O)N2CCCC(C)(F)C2)c(C)c1S(=O)(=O)NC1CC1. The third-order valence-corrected chi connectivity index (χ3v) is 6.76. The number of benzene rings is 1. The van der Waals surface area contributed by atoms with Crippen LogP contribution >= 0.6 is 0 Å². The van der Waals surface area contributed by atoms with E-state index in [1.807, 2.05) is 0 Å². The number of likely N-dealkylation sites (tertiary alicyclic amines) is 1. The number of rotatable bonds is 4. The summed E-state index contributed by atoms with van der Waals surface area (Å²) in [6.07, 6.45) is 2.75. The minimum Gasteiger partial charge on any atom is -0.321 e. The van der Waals surface area contributed by atoms with Crippen molar-refractivity contribution in [1.29, 1.82) is 0 Å². The number of hydrogen-bond acceptors (Lipinski definition) is 3. The maximum atomic E-state index is 14.2. The summed E-state index contributed by atoms with van der Waals surface area (Å²) in [6, 6.07) is 2.98. The van der Waals surface area contributed by atoms with E-state index in [1.165, 1.54) is 11.8 Å². The fourth-order valence-electron chi connectivity index (χ4n) is 3.42. The van der Waals surface area contributed by atoms with Gasteiger partial charge >= 0.3 is 6.03 Å². The number of hydrogen-bond donors (Lipinski definition) is 2. The number of urea groups is 1. The van der Waals surface area contributed by atoms with E-state index in [1.54, 1.807) is 26.0 Å². The van der Waals surface area contributed by atoms with Gasteiger partial charge in [0.2, 0.25) is 10.0 Å². The van der Waals surface area contributed by atoms with Gasteiger partial charge in [-0.05, 0) is 63.6 Å². The Labute approximate surface area is 154 Å². The highest BCUT2D eigenvalue weighted by Gasteiger charge is 2.34. The molecule has 3 rings (SSSR count). The predicted molar refractivity (Wildman–Crippen MR) is 98.6 cm³/mol. The standard InChI is InChI=1S/C18H26FN3O3S/c1-12-5-8-15(13(2)16(12)26(24,25)21-14-6-7-14)20-17(23)22-10-4-9-18(3,19)11-22/h5,8,14,21H,4,6-7,9-11H2,1-3H3,(H,20,23). The molecule has 2 fully saturated rings. The van der Waals surface area contributed by atoms with Gasteiger partial charge in [0.25, 0.3) is 0 Å². The molecule has 6 nitrogen and oxygen atoms in total. The van der Waals surface area contributed by atoms with Crippen LogP contribution in [0.3, 0.4) is 0 Å². The molecule has 1 unspecified atom stereocenters. The Morgan fingerprint density at radius 1 is 1.31 bits per heavy atom. The van der Waals surface area contributed by atoms with Gasteiger partial charge in [-0.2, -0.15) is 0 Å². The van der Waals surface area contributed by atoms with Gasteiger partial charge in [-0.1, -0.05) is 6.07 Å². The van der Waals surface area contributed by atoms with E-state index < -0.39 is 21.7 Å². The van der Waals surface area contributed by atoms with Crippen LogP contribution in [0.1, 0.15) is 43.7 Å². The number of sulfonamides is 1. The van der Waals surface area contributed by atoms with E-state index in [9.17, 15) is 17.6 Å². The molecule has 144 valence electrons. The van der Waals surface area contributed by atoms with E-state index in [4.69, 9.17) is 0 Å². The lowest BCUT2D eigenvalue weighted by Crippen LogP contribution is -2.48. The molecule has 1 aliphatic heterocycles. The highest BCUT2D eigenvalue weighted by Crippen LogP contribution is 2.30. The van der Waals surface area contributed by atoms with Crippen LogP contribution in [0.2, 0.25) is 0 Å². The first kappa shape index (κ1) is 19.1. The van der Waals surface area contributed by atoms with Gasteiger partial charge in [-0.15, -0.1) is 0 Å². The number of alkyl halides is 1. The van der Waals surface area contributed by atoms with Crippen molar-refractivity contribution in [2.75, 3.05) is 18.4 Å². The van der Waals surface area contributed by atoms with Crippen molar-refractivity contribution >= 4 is 21.7 Å². The first-order valence-electron chi connectivity index (χ1n) is 8.96. The van der Waals surface area contributed by atoms with Crippen molar-refractivity contribution in [1.82, 2.24) is 9.62 Å². The molecule has 0 aromatic heterocycles. The second kappa shape index (κ2) is 6.81. The molecule has 1 aromatic rings. The predicted octanol–water partition coefficient (Wildman–Crippen LogP) is 3.10. The first-order chi connectivity index (χ1) is 12.1. The maximum absolute atomic E-state index is 14.2. The van der Waals surface area contributed by atoms with Crippen molar-refractivity contribution < 1.29 is 17.6 Å². The van der Waals surface area contributed by atoms with Gasteiger partial charge in [0.15, 0.2) is 0 Å². The molecule has 8 heteroatoms. The van der Waals surface area contributed by atoms with Crippen molar-refractivity contribution in [3.63, 3.8) is 0 Å². The molecule has 1 saturated heterocycles. The van der Waals surface area contributed by atoms with Crippen molar-refractivity contribution in [3.8, 4) is 0 Å². The van der Waals surface area contributed by atoms with Gasteiger partial charge in [0, 0.05) is 18.3 Å². The lowest BCUT2D eigenvalue weighted by molar-refractivity contribution is 0.0808. The number of aryl methyl sites for hydroxylation is 1. The van der Waals surface area contributed by atoms with E-state index in [2.05, 4.69) is 10.0 Å². The van der Waals surface area contributed by atoms with Gasteiger partial charge in [-0.3, -0.25) is 0 Å². The lowest BCUT2D eigenvalue weighted by atomic mass is 9.97. The van der Waals surface area contributed by atoms with Crippen LogP contribution in [-0.2, 0) is 10.0 Å². The topological polar surface area (TPSA) is 78.5 Å².